The fourth-order valence-electron chi connectivity index (χ4n) is 2.09. The predicted molar refractivity (Wildman–Crippen MR) is 84.0 cm³/mol. The molecule has 3 rings (SSSR count). The average molecular weight is 268 g/mol. The van der Waals surface area contributed by atoms with Gasteiger partial charge in [-0.25, -0.2) is 4.98 Å². The summed E-state index contributed by atoms with van der Waals surface area (Å²) in [5.74, 6) is 0. The van der Waals surface area contributed by atoms with Gasteiger partial charge in [-0.05, 0) is 55.8 Å². The van der Waals surface area contributed by atoms with Crippen molar-refractivity contribution >= 4 is 27.2 Å². The maximum Gasteiger partial charge on any atom is 0.124 e. The number of rotatable bonds is 3. The number of thiazole rings is 1. The number of benzene rings is 2. The molecule has 0 atom stereocenters. The Bertz CT molecular complexity index is 698. The molecule has 0 aliphatic rings. The van der Waals surface area contributed by atoms with E-state index in [1.165, 1.54) is 15.8 Å². The van der Waals surface area contributed by atoms with Crippen molar-refractivity contribution in [2.24, 2.45) is 0 Å². The van der Waals surface area contributed by atoms with E-state index in [9.17, 15) is 0 Å². The van der Waals surface area contributed by atoms with Gasteiger partial charge in [-0.2, -0.15) is 0 Å². The zero-order valence-electron chi connectivity index (χ0n) is 11.1. The number of anilines is 1. The quantitative estimate of drug-likeness (QED) is 0.744. The molecule has 1 aromatic heterocycles. The molecule has 0 aliphatic heterocycles. The molecule has 0 fully saturated rings. The first-order valence-electron chi connectivity index (χ1n) is 6.48. The molecule has 2 aromatic carbocycles. The van der Waals surface area contributed by atoms with Gasteiger partial charge in [0, 0.05) is 17.8 Å². The lowest BCUT2D eigenvalue weighted by Crippen LogP contribution is -1.95. The monoisotopic (exact) mass is 268 g/mol. The Morgan fingerprint density at radius 1 is 1.11 bits per heavy atom. The molecule has 0 bridgehead atoms. The van der Waals surface area contributed by atoms with Crippen LogP contribution in [0.3, 0.4) is 0 Å². The highest BCUT2D eigenvalue weighted by atomic mass is 32.1. The van der Waals surface area contributed by atoms with E-state index >= 15 is 0 Å². The molecule has 0 aliphatic carbocycles. The molecule has 0 saturated carbocycles. The van der Waals surface area contributed by atoms with E-state index in [-0.39, 0.29) is 0 Å². The Labute approximate surface area is 117 Å². The summed E-state index contributed by atoms with van der Waals surface area (Å²) in [6.07, 6.45) is 0. The molecule has 0 saturated heterocycles. The standard InChI is InChI=1S/C16H16N2S/c1-3-17-13-7-5-12(6-8-13)16-18-14-9-4-11(2)10-15(14)19-16/h4-10,17H,3H2,1-2H3. The van der Waals surface area contributed by atoms with Gasteiger partial charge in [0.05, 0.1) is 10.2 Å². The van der Waals surface area contributed by atoms with Crippen LogP contribution in [0.4, 0.5) is 5.69 Å². The third-order valence-corrected chi connectivity index (χ3v) is 4.12. The van der Waals surface area contributed by atoms with Crippen molar-refractivity contribution in [1.82, 2.24) is 4.98 Å². The van der Waals surface area contributed by atoms with Crippen molar-refractivity contribution in [3.63, 3.8) is 0 Å². The molecule has 2 nitrogen and oxygen atoms in total. The SMILES string of the molecule is CCNc1ccc(-c2nc3ccc(C)cc3s2)cc1. The molecular weight excluding hydrogens is 252 g/mol. The first kappa shape index (κ1) is 12.2. The lowest BCUT2D eigenvalue weighted by molar-refractivity contribution is 1.21. The number of hydrogen-bond donors (Lipinski definition) is 1. The van der Waals surface area contributed by atoms with E-state index in [1.807, 2.05) is 0 Å². The van der Waals surface area contributed by atoms with Crippen LogP contribution >= 0.6 is 11.3 Å². The third kappa shape index (κ3) is 2.47. The molecule has 96 valence electrons. The zero-order chi connectivity index (χ0) is 13.2. The Morgan fingerprint density at radius 3 is 2.63 bits per heavy atom. The van der Waals surface area contributed by atoms with Crippen molar-refractivity contribution in [3.8, 4) is 10.6 Å². The van der Waals surface area contributed by atoms with E-state index in [0.29, 0.717) is 0 Å². The van der Waals surface area contributed by atoms with E-state index in [4.69, 9.17) is 4.98 Å². The second-order valence-electron chi connectivity index (χ2n) is 4.60. The Balaban J connectivity index is 1.99. The maximum absolute atomic E-state index is 4.70. The van der Waals surface area contributed by atoms with Crippen LogP contribution in [0.1, 0.15) is 12.5 Å². The van der Waals surface area contributed by atoms with Gasteiger partial charge in [0.15, 0.2) is 0 Å². The summed E-state index contributed by atoms with van der Waals surface area (Å²) in [6.45, 7) is 5.16. The molecule has 1 N–H and O–H groups in total. The van der Waals surface area contributed by atoms with Crippen LogP contribution in [0.2, 0.25) is 0 Å². The van der Waals surface area contributed by atoms with Crippen LogP contribution < -0.4 is 5.32 Å². The van der Waals surface area contributed by atoms with Crippen molar-refractivity contribution in [2.45, 2.75) is 13.8 Å². The normalized spacial score (nSPS) is 10.8. The molecule has 3 heteroatoms. The topological polar surface area (TPSA) is 24.9 Å². The lowest BCUT2D eigenvalue weighted by Gasteiger charge is -2.03. The fraction of sp³-hybridized carbons (Fsp3) is 0.188. The molecule has 0 spiro atoms. The highest BCUT2D eigenvalue weighted by molar-refractivity contribution is 7.21. The van der Waals surface area contributed by atoms with Gasteiger partial charge in [-0.15, -0.1) is 11.3 Å². The third-order valence-electron chi connectivity index (χ3n) is 3.06. The predicted octanol–water partition coefficient (Wildman–Crippen LogP) is 4.70. The smallest absolute Gasteiger partial charge is 0.124 e. The van der Waals surface area contributed by atoms with E-state index in [2.05, 4.69) is 61.6 Å². The maximum atomic E-state index is 4.70. The molecular formula is C16H16N2S. The number of fused-ring (bicyclic) bond motifs is 1. The van der Waals surface area contributed by atoms with E-state index in [0.717, 1.165) is 22.8 Å². The number of nitrogens with zero attached hydrogens (tertiary/aromatic N) is 1. The largest absolute Gasteiger partial charge is 0.385 e. The molecule has 0 amide bonds. The van der Waals surface area contributed by atoms with Gasteiger partial charge in [0.1, 0.15) is 5.01 Å². The summed E-state index contributed by atoms with van der Waals surface area (Å²) < 4.78 is 1.26. The molecule has 0 radical (unpaired) electrons. The van der Waals surface area contributed by atoms with E-state index in [1.54, 1.807) is 11.3 Å². The summed E-state index contributed by atoms with van der Waals surface area (Å²) in [5, 5.41) is 4.39. The van der Waals surface area contributed by atoms with Crippen LogP contribution in [-0.2, 0) is 0 Å². The van der Waals surface area contributed by atoms with Crippen molar-refractivity contribution in [3.05, 3.63) is 48.0 Å². The van der Waals surface area contributed by atoms with Crippen molar-refractivity contribution < 1.29 is 0 Å². The summed E-state index contributed by atoms with van der Waals surface area (Å²) in [6, 6.07) is 14.9. The minimum Gasteiger partial charge on any atom is -0.385 e. The van der Waals surface area contributed by atoms with Crippen LogP contribution in [0.15, 0.2) is 42.5 Å². The van der Waals surface area contributed by atoms with Gasteiger partial charge < -0.3 is 5.32 Å². The van der Waals surface area contributed by atoms with Crippen LogP contribution in [0.5, 0.6) is 0 Å². The van der Waals surface area contributed by atoms with Crippen LogP contribution in [0, 0.1) is 6.92 Å². The zero-order valence-corrected chi connectivity index (χ0v) is 11.9. The molecule has 3 aromatic rings. The molecule has 1 heterocycles. The van der Waals surface area contributed by atoms with Crippen LogP contribution in [0.25, 0.3) is 20.8 Å². The number of hydrogen-bond acceptors (Lipinski definition) is 3. The molecule has 0 unspecified atom stereocenters. The Kier molecular flexibility index (Phi) is 3.22. The van der Waals surface area contributed by atoms with Crippen molar-refractivity contribution in [1.29, 1.82) is 0 Å². The first-order chi connectivity index (χ1) is 9.26. The highest BCUT2D eigenvalue weighted by Gasteiger charge is 2.06. The average Bonchev–Trinajstić information content (AvgIpc) is 2.83. The Morgan fingerprint density at radius 2 is 1.89 bits per heavy atom. The highest BCUT2D eigenvalue weighted by Crippen LogP contribution is 2.31. The minimum absolute atomic E-state index is 0.944. The number of aromatic nitrogens is 1. The fourth-order valence-corrected chi connectivity index (χ4v) is 3.16. The second kappa shape index (κ2) is 5.02. The van der Waals surface area contributed by atoms with Crippen molar-refractivity contribution in [2.75, 3.05) is 11.9 Å². The summed E-state index contributed by atoms with van der Waals surface area (Å²) >= 11 is 1.75. The van der Waals surface area contributed by atoms with Gasteiger partial charge in [-0.1, -0.05) is 6.07 Å². The number of nitrogens with one attached hydrogen (secondary N) is 1. The summed E-state index contributed by atoms with van der Waals surface area (Å²) in [4.78, 5) is 4.70. The Hall–Kier alpha value is -1.87. The van der Waals surface area contributed by atoms with Gasteiger partial charge in [0.25, 0.3) is 0 Å². The summed E-state index contributed by atoms with van der Waals surface area (Å²) in [7, 11) is 0. The number of aryl methyl sites for hydroxylation is 1. The van der Waals surface area contributed by atoms with E-state index < -0.39 is 0 Å². The van der Waals surface area contributed by atoms with Gasteiger partial charge in [-0.3, -0.25) is 0 Å². The van der Waals surface area contributed by atoms with Gasteiger partial charge in [0.2, 0.25) is 0 Å². The first-order valence-corrected chi connectivity index (χ1v) is 7.29. The second-order valence-corrected chi connectivity index (χ2v) is 5.63. The van der Waals surface area contributed by atoms with Gasteiger partial charge >= 0.3 is 0 Å². The minimum atomic E-state index is 0.944. The molecule has 19 heavy (non-hydrogen) atoms. The lowest BCUT2D eigenvalue weighted by atomic mass is 10.2. The van der Waals surface area contributed by atoms with Crippen LogP contribution in [-0.4, -0.2) is 11.5 Å². The summed E-state index contributed by atoms with van der Waals surface area (Å²) in [5.41, 5.74) is 4.70.